The van der Waals surface area contributed by atoms with E-state index in [2.05, 4.69) is 15.7 Å². The Labute approximate surface area is 176 Å². The smallest absolute Gasteiger partial charge is 0.251 e. The molecule has 1 aromatic rings. The van der Waals surface area contributed by atoms with Crippen molar-refractivity contribution in [1.82, 2.24) is 15.6 Å². The van der Waals surface area contributed by atoms with Gasteiger partial charge in [0.25, 0.3) is 5.91 Å². The number of carbonyl (C=O) groups excluding carboxylic acids is 3. The van der Waals surface area contributed by atoms with Gasteiger partial charge in [-0.05, 0) is 25.8 Å². The van der Waals surface area contributed by atoms with Crippen molar-refractivity contribution < 1.29 is 19.1 Å². The van der Waals surface area contributed by atoms with Gasteiger partial charge in [-0.2, -0.15) is 5.10 Å². The van der Waals surface area contributed by atoms with E-state index in [0.717, 1.165) is 11.3 Å². The molecule has 2 heterocycles. The van der Waals surface area contributed by atoms with Gasteiger partial charge in [-0.1, -0.05) is 30.3 Å². The Balaban J connectivity index is 1.67. The highest BCUT2D eigenvalue weighted by atomic mass is 16.5. The molecule has 0 spiro atoms. The molecule has 0 bridgehead atoms. The molecule has 2 amide bonds. The third kappa shape index (κ3) is 5.10. The maximum Gasteiger partial charge on any atom is 0.251 e. The minimum Gasteiger partial charge on any atom is -0.374 e. The van der Waals surface area contributed by atoms with E-state index >= 15 is 0 Å². The molecule has 9 nitrogen and oxygen atoms in total. The summed E-state index contributed by atoms with van der Waals surface area (Å²) in [4.78, 5) is 37.9. The molecule has 162 valence electrons. The first-order valence-corrected chi connectivity index (χ1v) is 10.0. The van der Waals surface area contributed by atoms with Crippen molar-refractivity contribution in [3.8, 4) is 0 Å². The molecular weight excluding hydrogens is 386 g/mol. The zero-order valence-electron chi connectivity index (χ0n) is 17.6. The minimum absolute atomic E-state index is 0.00713. The van der Waals surface area contributed by atoms with Crippen molar-refractivity contribution in [2.75, 3.05) is 20.2 Å². The van der Waals surface area contributed by atoms with Crippen LogP contribution >= 0.6 is 0 Å². The Hall–Kier alpha value is -2.62. The van der Waals surface area contributed by atoms with Crippen LogP contribution in [0.1, 0.15) is 25.8 Å². The Morgan fingerprint density at radius 2 is 2.07 bits per heavy atom. The van der Waals surface area contributed by atoms with Gasteiger partial charge in [0.2, 0.25) is 5.91 Å². The van der Waals surface area contributed by atoms with Crippen molar-refractivity contribution in [2.24, 2.45) is 16.8 Å². The highest BCUT2D eigenvalue weighted by molar-refractivity contribution is 6.10. The molecule has 1 saturated heterocycles. The number of nitrogens with one attached hydrogen (secondary N) is 2. The van der Waals surface area contributed by atoms with E-state index in [0.29, 0.717) is 19.6 Å². The standard InChI is InChI=1S/C21H29N5O4/c1-21(2,22)20(29)24-17(12-30-11-13-7-5-4-6-8-13)18(27)15-9-14-16(10-23-15)25-26(3)19(14)28/h4-8,14-15,17,23H,9-12,22H2,1-3H3,(H,24,29)/t14?,15?,17-/m1/s1. The number of hydrazone groups is 1. The fourth-order valence-electron chi connectivity index (χ4n) is 3.49. The number of hydrogen-bond acceptors (Lipinski definition) is 7. The predicted octanol–water partition coefficient (Wildman–Crippen LogP) is -0.199. The first-order chi connectivity index (χ1) is 14.2. The molecule has 0 aromatic heterocycles. The van der Waals surface area contributed by atoms with Crippen LogP contribution in [0.15, 0.2) is 35.4 Å². The van der Waals surface area contributed by atoms with E-state index < -0.39 is 29.4 Å². The second kappa shape index (κ2) is 9.03. The first kappa shape index (κ1) is 22.1. The normalized spacial score (nSPS) is 22.3. The Morgan fingerprint density at radius 1 is 1.37 bits per heavy atom. The number of ketones is 1. The summed E-state index contributed by atoms with van der Waals surface area (Å²) in [5, 5.41) is 11.4. The molecule has 2 aliphatic rings. The first-order valence-electron chi connectivity index (χ1n) is 10.0. The van der Waals surface area contributed by atoms with E-state index in [1.165, 1.54) is 5.01 Å². The summed E-state index contributed by atoms with van der Waals surface area (Å²) < 4.78 is 5.73. The Kier molecular flexibility index (Phi) is 6.64. The number of Topliss-reactive ketones (excluding diaryl/α,β-unsaturated/α-hetero) is 1. The van der Waals surface area contributed by atoms with Crippen molar-refractivity contribution in [2.45, 2.75) is 44.5 Å². The molecule has 2 aliphatic heterocycles. The van der Waals surface area contributed by atoms with Crippen LogP contribution in [0, 0.1) is 5.92 Å². The van der Waals surface area contributed by atoms with Crippen molar-refractivity contribution >= 4 is 23.3 Å². The lowest BCUT2D eigenvalue weighted by molar-refractivity contribution is -0.134. The minimum atomic E-state index is -1.14. The highest BCUT2D eigenvalue weighted by Crippen LogP contribution is 2.23. The number of amides is 2. The fourth-order valence-corrected chi connectivity index (χ4v) is 3.49. The van der Waals surface area contributed by atoms with Crippen LogP contribution in [0.25, 0.3) is 0 Å². The Bertz CT molecular complexity index is 834. The van der Waals surface area contributed by atoms with E-state index in [4.69, 9.17) is 10.5 Å². The van der Waals surface area contributed by atoms with Gasteiger partial charge >= 0.3 is 0 Å². The largest absolute Gasteiger partial charge is 0.374 e. The number of piperidine rings is 1. The summed E-state index contributed by atoms with van der Waals surface area (Å²) >= 11 is 0. The van der Waals surface area contributed by atoms with Crippen LogP contribution in [0.4, 0.5) is 0 Å². The third-order valence-electron chi connectivity index (χ3n) is 5.27. The van der Waals surface area contributed by atoms with Crippen molar-refractivity contribution in [3.63, 3.8) is 0 Å². The molecule has 30 heavy (non-hydrogen) atoms. The van der Waals surface area contributed by atoms with Crippen molar-refractivity contribution in [1.29, 1.82) is 0 Å². The number of rotatable bonds is 8. The highest BCUT2D eigenvalue weighted by Gasteiger charge is 2.42. The second-order valence-corrected chi connectivity index (χ2v) is 8.33. The maximum absolute atomic E-state index is 13.2. The zero-order valence-corrected chi connectivity index (χ0v) is 17.6. The van der Waals surface area contributed by atoms with Gasteiger partial charge in [0.05, 0.1) is 36.4 Å². The Morgan fingerprint density at radius 3 is 2.73 bits per heavy atom. The number of hydrogen-bond donors (Lipinski definition) is 3. The van der Waals surface area contributed by atoms with E-state index in [1.54, 1.807) is 20.9 Å². The third-order valence-corrected chi connectivity index (χ3v) is 5.27. The van der Waals surface area contributed by atoms with Gasteiger partial charge < -0.3 is 21.1 Å². The summed E-state index contributed by atoms with van der Waals surface area (Å²) in [6, 6.07) is 8.09. The molecule has 0 saturated carbocycles. The summed E-state index contributed by atoms with van der Waals surface area (Å²) in [5.41, 5.74) is 6.44. The van der Waals surface area contributed by atoms with Crippen LogP contribution in [0.5, 0.6) is 0 Å². The van der Waals surface area contributed by atoms with Crippen LogP contribution in [0.3, 0.4) is 0 Å². The lowest BCUT2D eigenvalue weighted by Gasteiger charge is -2.30. The summed E-state index contributed by atoms with van der Waals surface area (Å²) in [6.07, 6.45) is 0.303. The average molecular weight is 415 g/mol. The molecule has 0 radical (unpaired) electrons. The lowest BCUT2D eigenvalue weighted by atomic mass is 9.87. The van der Waals surface area contributed by atoms with Crippen LogP contribution in [0.2, 0.25) is 0 Å². The number of nitrogens with zero attached hydrogens (tertiary/aromatic N) is 2. The fraction of sp³-hybridized carbons (Fsp3) is 0.524. The molecule has 4 N–H and O–H groups in total. The maximum atomic E-state index is 13.2. The summed E-state index contributed by atoms with van der Waals surface area (Å²) in [5.74, 6) is -1.20. The molecule has 0 aliphatic carbocycles. The molecule has 3 rings (SSSR count). The number of fused-ring (bicyclic) bond motifs is 1. The molecule has 2 unspecified atom stereocenters. The van der Waals surface area contributed by atoms with E-state index in [9.17, 15) is 14.4 Å². The molecule has 3 atom stereocenters. The van der Waals surface area contributed by atoms with E-state index in [1.807, 2.05) is 30.3 Å². The summed E-state index contributed by atoms with van der Waals surface area (Å²) in [6.45, 7) is 3.82. The SMILES string of the molecule is CN1N=C2CNC(C(=O)[C@@H](COCc3ccccc3)NC(=O)C(C)(C)N)CC2C1=O. The topological polar surface area (TPSA) is 126 Å². The predicted molar refractivity (Wildman–Crippen MR) is 111 cm³/mol. The quantitative estimate of drug-likeness (QED) is 0.540. The lowest BCUT2D eigenvalue weighted by Crippen LogP contribution is -2.60. The number of benzene rings is 1. The molecule has 1 aromatic carbocycles. The van der Waals surface area contributed by atoms with Gasteiger partial charge in [0, 0.05) is 13.6 Å². The second-order valence-electron chi connectivity index (χ2n) is 8.33. The van der Waals surface area contributed by atoms with Gasteiger partial charge in [-0.25, -0.2) is 5.01 Å². The molecular formula is C21H29N5O4. The van der Waals surface area contributed by atoms with Gasteiger partial charge in [-0.3, -0.25) is 14.4 Å². The molecule has 1 fully saturated rings. The average Bonchev–Trinajstić information content (AvgIpc) is 3.00. The summed E-state index contributed by atoms with van der Waals surface area (Å²) in [7, 11) is 1.61. The monoisotopic (exact) mass is 415 g/mol. The number of carbonyl (C=O) groups is 3. The van der Waals surface area contributed by atoms with Gasteiger partial charge in [0.15, 0.2) is 5.78 Å². The van der Waals surface area contributed by atoms with Crippen LogP contribution < -0.4 is 16.4 Å². The van der Waals surface area contributed by atoms with Crippen LogP contribution in [-0.4, -0.2) is 66.1 Å². The van der Waals surface area contributed by atoms with Gasteiger partial charge in [0.1, 0.15) is 6.04 Å². The van der Waals surface area contributed by atoms with E-state index in [-0.39, 0.29) is 18.3 Å². The molecule has 9 heteroatoms. The zero-order chi connectivity index (χ0) is 21.9. The van der Waals surface area contributed by atoms with Crippen molar-refractivity contribution in [3.05, 3.63) is 35.9 Å². The number of nitrogens with two attached hydrogens (primary N) is 1. The number of ether oxygens (including phenoxy) is 1. The van der Waals surface area contributed by atoms with Gasteiger partial charge in [-0.15, -0.1) is 0 Å². The van der Waals surface area contributed by atoms with Crippen LogP contribution in [-0.2, 0) is 25.7 Å².